The zero-order valence-corrected chi connectivity index (χ0v) is 10.6. The Balaban J connectivity index is 2.56. The standard InChI is InChI=1S/C13H16O5/c1-9(16-3)8-17-13(15)11-4-6-12(7-5-11)18-10(2)14/h4-7,9H,8H2,1-3H3. The molecule has 1 unspecified atom stereocenters. The molecule has 1 aromatic carbocycles. The Morgan fingerprint density at radius 1 is 1.22 bits per heavy atom. The van der Waals surface area contributed by atoms with Crippen molar-refractivity contribution in [1.29, 1.82) is 0 Å². The Labute approximate surface area is 106 Å². The van der Waals surface area contributed by atoms with Crippen LogP contribution < -0.4 is 4.74 Å². The Morgan fingerprint density at radius 2 is 1.83 bits per heavy atom. The molecule has 0 aliphatic heterocycles. The van der Waals surface area contributed by atoms with Crippen molar-refractivity contribution in [2.24, 2.45) is 0 Å². The van der Waals surface area contributed by atoms with Crippen molar-refractivity contribution in [3.05, 3.63) is 29.8 Å². The van der Waals surface area contributed by atoms with Crippen LogP contribution in [0.25, 0.3) is 0 Å². The van der Waals surface area contributed by atoms with Gasteiger partial charge in [0, 0.05) is 14.0 Å². The average molecular weight is 252 g/mol. The van der Waals surface area contributed by atoms with Crippen molar-refractivity contribution in [2.75, 3.05) is 13.7 Å². The third-order valence-electron chi connectivity index (χ3n) is 2.20. The van der Waals surface area contributed by atoms with Crippen LogP contribution in [-0.4, -0.2) is 31.8 Å². The molecule has 0 saturated carbocycles. The van der Waals surface area contributed by atoms with Crippen LogP contribution in [0, 0.1) is 0 Å². The van der Waals surface area contributed by atoms with E-state index in [1.54, 1.807) is 14.0 Å². The van der Waals surface area contributed by atoms with Crippen molar-refractivity contribution in [1.82, 2.24) is 0 Å². The van der Waals surface area contributed by atoms with Crippen LogP contribution in [0.4, 0.5) is 0 Å². The maximum atomic E-state index is 11.6. The maximum Gasteiger partial charge on any atom is 0.338 e. The number of carbonyl (C=O) groups is 2. The molecule has 1 aromatic rings. The highest BCUT2D eigenvalue weighted by Gasteiger charge is 2.09. The maximum absolute atomic E-state index is 11.6. The van der Waals surface area contributed by atoms with Crippen LogP contribution in [0.15, 0.2) is 24.3 Å². The fraction of sp³-hybridized carbons (Fsp3) is 0.385. The number of methoxy groups -OCH3 is 1. The Morgan fingerprint density at radius 3 is 2.33 bits per heavy atom. The molecular weight excluding hydrogens is 236 g/mol. The minimum Gasteiger partial charge on any atom is -0.459 e. The van der Waals surface area contributed by atoms with Crippen molar-refractivity contribution >= 4 is 11.9 Å². The van der Waals surface area contributed by atoms with Gasteiger partial charge < -0.3 is 14.2 Å². The molecule has 0 N–H and O–H groups in total. The summed E-state index contributed by atoms with van der Waals surface area (Å²) >= 11 is 0. The van der Waals surface area contributed by atoms with Gasteiger partial charge in [-0.3, -0.25) is 4.79 Å². The molecule has 0 amide bonds. The highest BCUT2D eigenvalue weighted by molar-refractivity contribution is 5.89. The zero-order chi connectivity index (χ0) is 13.5. The monoisotopic (exact) mass is 252 g/mol. The van der Waals surface area contributed by atoms with E-state index in [9.17, 15) is 9.59 Å². The molecule has 0 spiro atoms. The number of ether oxygens (including phenoxy) is 3. The Hall–Kier alpha value is -1.88. The highest BCUT2D eigenvalue weighted by atomic mass is 16.6. The van der Waals surface area contributed by atoms with Gasteiger partial charge in [-0.2, -0.15) is 0 Å². The van der Waals surface area contributed by atoms with E-state index in [1.165, 1.54) is 31.2 Å². The largest absolute Gasteiger partial charge is 0.459 e. The minimum atomic E-state index is -0.437. The number of hydrogen-bond donors (Lipinski definition) is 0. The molecule has 5 nitrogen and oxygen atoms in total. The molecule has 0 radical (unpaired) electrons. The second kappa shape index (κ2) is 6.76. The first-order chi connectivity index (χ1) is 8.52. The smallest absolute Gasteiger partial charge is 0.338 e. The van der Waals surface area contributed by atoms with Crippen LogP contribution in [-0.2, 0) is 14.3 Å². The lowest BCUT2D eigenvalue weighted by molar-refractivity contribution is -0.131. The van der Waals surface area contributed by atoms with Gasteiger partial charge in [-0.05, 0) is 31.2 Å². The van der Waals surface area contributed by atoms with Crippen molar-refractivity contribution in [3.8, 4) is 5.75 Å². The van der Waals surface area contributed by atoms with E-state index in [4.69, 9.17) is 14.2 Å². The van der Waals surface area contributed by atoms with E-state index >= 15 is 0 Å². The molecule has 0 aliphatic rings. The summed E-state index contributed by atoms with van der Waals surface area (Å²) in [4.78, 5) is 22.3. The van der Waals surface area contributed by atoms with Gasteiger partial charge in [0.2, 0.25) is 0 Å². The van der Waals surface area contributed by atoms with Gasteiger partial charge in [0.15, 0.2) is 0 Å². The van der Waals surface area contributed by atoms with Crippen molar-refractivity contribution < 1.29 is 23.8 Å². The van der Waals surface area contributed by atoms with Gasteiger partial charge in [0.05, 0.1) is 11.7 Å². The van der Waals surface area contributed by atoms with Crippen molar-refractivity contribution in [2.45, 2.75) is 20.0 Å². The zero-order valence-electron chi connectivity index (χ0n) is 10.6. The van der Waals surface area contributed by atoms with Gasteiger partial charge in [-0.1, -0.05) is 0 Å². The normalized spacial score (nSPS) is 11.7. The van der Waals surface area contributed by atoms with E-state index in [1.807, 2.05) is 0 Å². The first-order valence-electron chi connectivity index (χ1n) is 5.51. The third kappa shape index (κ3) is 4.55. The van der Waals surface area contributed by atoms with Gasteiger partial charge in [-0.15, -0.1) is 0 Å². The van der Waals surface area contributed by atoms with E-state index in [2.05, 4.69) is 0 Å². The van der Waals surface area contributed by atoms with Crippen LogP contribution in [0.2, 0.25) is 0 Å². The SMILES string of the molecule is COC(C)COC(=O)c1ccc(OC(C)=O)cc1. The lowest BCUT2D eigenvalue weighted by Gasteiger charge is -2.10. The quantitative estimate of drug-likeness (QED) is 0.590. The van der Waals surface area contributed by atoms with Crippen LogP contribution >= 0.6 is 0 Å². The summed E-state index contributed by atoms with van der Waals surface area (Å²) in [5.41, 5.74) is 0.397. The van der Waals surface area contributed by atoms with E-state index < -0.39 is 11.9 Å². The van der Waals surface area contributed by atoms with E-state index in [0.717, 1.165) is 0 Å². The van der Waals surface area contributed by atoms with Crippen LogP contribution in [0.5, 0.6) is 5.75 Å². The lowest BCUT2D eigenvalue weighted by atomic mass is 10.2. The van der Waals surface area contributed by atoms with Crippen LogP contribution in [0.1, 0.15) is 24.2 Å². The molecule has 1 atom stereocenters. The molecule has 5 heteroatoms. The van der Waals surface area contributed by atoms with E-state index in [0.29, 0.717) is 11.3 Å². The van der Waals surface area contributed by atoms with Crippen LogP contribution in [0.3, 0.4) is 0 Å². The number of esters is 2. The molecule has 98 valence electrons. The van der Waals surface area contributed by atoms with Gasteiger partial charge in [-0.25, -0.2) is 4.79 Å². The summed E-state index contributed by atoms with van der Waals surface area (Å²) in [7, 11) is 1.55. The second-order valence-corrected chi connectivity index (χ2v) is 3.76. The molecule has 0 saturated heterocycles. The van der Waals surface area contributed by atoms with Crippen molar-refractivity contribution in [3.63, 3.8) is 0 Å². The first-order valence-corrected chi connectivity index (χ1v) is 5.51. The predicted octanol–water partition coefficient (Wildman–Crippen LogP) is 1.80. The molecule has 18 heavy (non-hydrogen) atoms. The number of rotatable bonds is 5. The second-order valence-electron chi connectivity index (χ2n) is 3.76. The molecule has 0 fully saturated rings. The van der Waals surface area contributed by atoms with Gasteiger partial charge in [0.25, 0.3) is 0 Å². The molecular formula is C13H16O5. The highest BCUT2D eigenvalue weighted by Crippen LogP contribution is 2.13. The molecule has 0 aliphatic carbocycles. The lowest BCUT2D eigenvalue weighted by Crippen LogP contribution is -2.17. The summed E-state index contributed by atoms with van der Waals surface area (Å²) < 4.78 is 14.8. The molecule has 0 aromatic heterocycles. The number of benzene rings is 1. The van der Waals surface area contributed by atoms with E-state index in [-0.39, 0.29) is 12.7 Å². The van der Waals surface area contributed by atoms with Gasteiger partial charge >= 0.3 is 11.9 Å². The Kier molecular flexibility index (Phi) is 5.32. The predicted molar refractivity (Wildman–Crippen MR) is 64.5 cm³/mol. The first kappa shape index (κ1) is 14.2. The summed E-state index contributed by atoms with van der Waals surface area (Å²) in [5, 5.41) is 0. The third-order valence-corrected chi connectivity index (χ3v) is 2.20. The topological polar surface area (TPSA) is 61.8 Å². The average Bonchev–Trinajstić information content (AvgIpc) is 2.35. The molecule has 0 heterocycles. The molecule has 0 bridgehead atoms. The number of hydrogen-bond acceptors (Lipinski definition) is 5. The Bertz CT molecular complexity index is 410. The summed E-state index contributed by atoms with van der Waals surface area (Å²) in [6.45, 7) is 3.31. The van der Waals surface area contributed by atoms with Gasteiger partial charge in [0.1, 0.15) is 12.4 Å². The minimum absolute atomic E-state index is 0.144. The fourth-order valence-corrected chi connectivity index (χ4v) is 1.17. The fourth-order valence-electron chi connectivity index (χ4n) is 1.17. The summed E-state index contributed by atoms with van der Waals surface area (Å²) in [6, 6.07) is 6.16. The molecule has 1 rings (SSSR count). The summed E-state index contributed by atoms with van der Waals surface area (Å²) in [5.74, 6) is -0.447. The summed E-state index contributed by atoms with van der Waals surface area (Å²) in [6.07, 6.45) is -0.144. The number of carbonyl (C=O) groups excluding carboxylic acids is 2.